The molecule has 22 heavy (non-hydrogen) atoms. The smallest absolute Gasteiger partial charge is 0.119 e. The van der Waals surface area contributed by atoms with Crippen LogP contribution in [0, 0.1) is 0 Å². The molecule has 1 aromatic carbocycles. The Balaban J connectivity index is 1.54. The van der Waals surface area contributed by atoms with Gasteiger partial charge in [-0.2, -0.15) is 0 Å². The highest BCUT2D eigenvalue weighted by Crippen LogP contribution is 2.19. The van der Waals surface area contributed by atoms with E-state index in [9.17, 15) is 0 Å². The summed E-state index contributed by atoms with van der Waals surface area (Å²) in [5.74, 6) is 0.963. The third-order valence-corrected chi connectivity index (χ3v) is 4.49. The van der Waals surface area contributed by atoms with Crippen LogP contribution in [0.2, 0.25) is 0 Å². The Hall–Kier alpha value is -0.750. The van der Waals surface area contributed by atoms with Crippen molar-refractivity contribution in [2.45, 2.75) is 31.1 Å². The van der Waals surface area contributed by atoms with Crippen molar-refractivity contribution >= 4 is 11.9 Å². The maximum absolute atomic E-state index is 5.67. The fourth-order valence-corrected chi connectivity index (χ4v) is 2.96. The number of hydrogen-bond donors (Lipinski definition) is 1. The van der Waals surface area contributed by atoms with Crippen LogP contribution in [0.1, 0.15) is 26.2 Å². The molecule has 1 saturated heterocycles. The van der Waals surface area contributed by atoms with Crippen molar-refractivity contribution in [3.63, 3.8) is 0 Å². The molecule has 1 aliphatic heterocycles. The van der Waals surface area contributed by atoms with E-state index in [0.717, 1.165) is 58.2 Å². The predicted octanol–water partition coefficient (Wildman–Crippen LogP) is 3.18. The Morgan fingerprint density at radius 1 is 1.18 bits per heavy atom. The number of nitrogens with one attached hydrogen (secondary N) is 1. The van der Waals surface area contributed by atoms with E-state index >= 15 is 0 Å². The summed E-state index contributed by atoms with van der Waals surface area (Å²) < 4.78 is 14.5. The van der Waals surface area contributed by atoms with Gasteiger partial charge in [0.25, 0.3) is 0 Å². The molecule has 0 unspecified atom stereocenters. The van der Waals surface area contributed by atoms with Crippen LogP contribution in [0.5, 0.6) is 5.75 Å². The van der Waals surface area contributed by atoms with E-state index < -0.39 is 0 Å². The van der Waals surface area contributed by atoms with Crippen molar-refractivity contribution in [2.24, 2.45) is 0 Å². The molecule has 0 amide bonds. The average molecular weight is 324 g/mol. The van der Waals surface area contributed by atoms with Gasteiger partial charge in [0.2, 0.25) is 0 Å². The van der Waals surface area contributed by atoms with Gasteiger partial charge in [0.1, 0.15) is 5.75 Å². The third kappa shape index (κ3) is 7.01. The van der Waals surface area contributed by atoms with Crippen LogP contribution in [-0.2, 0) is 4.74 Å². The van der Waals surface area contributed by atoms with Gasteiger partial charge in [-0.05, 0) is 55.6 Å². The van der Waals surface area contributed by atoms with Crippen molar-refractivity contribution < 1.29 is 9.47 Å². The van der Waals surface area contributed by atoms with Gasteiger partial charge in [0.05, 0.1) is 19.8 Å². The molecule has 0 aromatic heterocycles. The second-order valence-electron chi connectivity index (χ2n) is 5.48. The molecule has 1 fully saturated rings. The van der Waals surface area contributed by atoms with Crippen LogP contribution < -0.4 is 9.46 Å². The molecule has 0 aliphatic carbocycles. The van der Waals surface area contributed by atoms with Crippen molar-refractivity contribution in [2.75, 3.05) is 46.0 Å². The molecule has 1 aliphatic rings. The highest BCUT2D eigenvalue weighted by atomic mass is 32.2. The zero-order valence-corrected chi connectivity index (χ0v) is 14.4. The minimum atomic E-state index is 0.808. The van der Waals surface area contributed by atoms with Gasteiger partial charge in [0, 0.05) is 24.5 Å². The normalized spacial score (nSPS) is 15.9. The molecule has 4 nitrogen and oxygen atoms in total. The number of rotatable bonds is 10. The summed E-state index contributed by atoms with van der Waals surface area (Å²) in [6.45, 7) is 9.08. The molecular formula is C17H28N2O2S. The third-order valence-electron chi connectivity index (χ3n) is 3.64. The Morgan fingerprint density at radius 3 is 2.68 bits per heavy atom. The lowest BCUT2D eigenvalue weighted by Crippen LogP contribution is -2.37. The van der Waals surface area contributed by atoms with E-state index in [1.54, 1.807) is 11.9 Å². The lowest BCUT2D eigenvalue weighted by Gasteiger charge is -2.26. The van der Waals surface area contributed by atoms with E-state index in [4.69, 9.17) is 9.47 Å². The van der Waals surface area contributed by atoms with Gasteiger partial charge in [-0.25, -0.2) is 0 Å². The highest BCUT2D eigenvalue weighted by Gasteiger charge is 2.08. The first kappa shape index (κ1) is 17.6. The number of hydrogen-bond acceptors (Lipinski definition) is 5. The summed E-state index contributed by atoms with van der Waals surface area (Å²) in [7, 11) is 0. The number of nitrogens with zero attached hydrogens (tertiary/aromatic N) is 1. The largest absolute Gasteiger partial charge is 0.494 e. The molecule has 0 spiro atoms. The fourth-order valence-electron chi connectivity index (χ4n) is 2.27. The number of benzene rings is 1. The predicted molar refractivity (Wildman–Crippen MR) is 92.6 cm³/mol. The Labute approximate surface area is 138 Å². The SMILES string of the molecule is CCCCOc1ccc(SNCCCN2CCOCC2)cc1. The topological polar surface area (TPSA) is 33.7 Å². The summed E-state index contributed by atoms with van der Waals surface area (Å²) in [6, 6.07) is 8.32. The maximum Gasteiger partial charge on any atom is 0.119 e. The number of ether oxygens (including phenoxy) is 2. The molecular weight excluding hydrogens is 296 g/mol. The van der Waals surface area contributed by atoms with Gasteiger partial charge >= 0.3 is 0 Å². The van der Waals surface area contributed by atoms with Crippen LogP contribution in [0.15, 0.2) is 29.2 Å². The summed E-state index contributed by atoms with van der Waals surface area (Å²) in [5.41, 5.74) is 0. The molecule has 5 heteroatoms. The summed E-state index contributed by atoms with van der Waals surface area (Å²) >= 11 is 1.70. The second-order valence-corrected chi connectivity index (χ2v) is 6.44. The zero-order chi connectivity index (χ0) is 15.5. The van der Waals surface area contributed by atoms with Gasteiger partial charge in [0.15, 0.2) is 0 Å². The van der Waals surface area contributed by atoms with E-state index in [2.05, 4.69) is 28.7 Å². The number of morpholine rings is 1. The summed E-state index contributed by atoms with van der Waals surface area (Å²) in [4.78, 5) is 3.70. The summed E-state index contributed by atoms with van der Waals surface area (Å²) in [5, 5.41) is 0. The maximum atomic E-state index is 5.67. The second kappa shape index (κ2) is 10.9. The molecule has 2 rings (SSSR count). The van der Waals surface area contributed by atoms with Crippen LogP contribution >= 0.6 is 11.9 Å². The lowest BCUT2D eigenvalue weighted by atomic mass is 10.3. The molecule has 124 valence electrons. The van der Waals surface area contributed by atoms with Gasteiger partial charge in [-0.1, -0.05) is 13.3 Å². The molecule has 0 radical (unpaired) electrons. The molecule has 0 saturated carbocycles. The average Bonchev–Trinajstić information content (AvgIpc) is 2.57. The van der Waals surface area contributed by atoms with E-state index in [-0.39, 0.29) is 0 Å². The Morgan fingerprint density at radius 2 is 1.95 bits per heavy atom. The quantitative estimate of drug-likeness (QED) is 0.528. The highest BCUT2D eigenvalue weighted by molar-refractivity contribution is 7.97. The Bertz CT molecular complexity index is 394. The van der Waals surface area contributed by atoms with E-state index in [1.165, 1.54) is 17.7 Å². The van der Waals surface area contributed by atoms with E-state index in [1.807, 2.05) is 12.1 Å². The fraction of sp³-hybridized carbons (Fsp3) is 0.647. The van der Waals surface area contributed by atoms with Gasteiger partial charge < -0.3 is 9.47 Å². The van der Waals surface area contributed by atoms with Crippen molar-refractivity contribution in [1.29, 1.82) is 0 Å². The Kier molecular flexibility index (Phi) is 8.71. The van der Waals surface area contributed by atoms with Crippen LogP contribution in [0.25, 0.3) is 0 Å². The standard InChI is InChI=1S/C17H28N2O2S/c1-2-3-13-21-16-5-7-17(8-6-16)22-18-9-4-10-19-11-14-20-15-12-19/h5-8,18H,2-4,9-15H2,1H3. The van der Waals surface area contributed by atoms with E-state index in [0.29, 0.717) is 0 Å². The first-order valence-electron chi connectivity index (χ1n) is 8.31. The first-order valence-corrected chi connectivity index (χ1v) is 9.13. The van der Waals surface area contributed by atoms with Gasteiger partial charge in [-0.15, -0.1) is 0 Å². The minimum Gasteiger partial charge on any atom is -0.494 e. The summed E-state index contributed by atoms with van der Waals surface area (Å²) in [6.07, 6.45) is 3.45. The first-order chi connectivity index (χ1) is 10.9. The molecule has 0 atom stereocenters. The number of unbranched alkanes of at least 4 members (excludes halogenated alkanes) is 1. The molecule has 1 aromatic rings. The van der Waals surface area contributed by atoms with Crippen LogP contribution in [0.4, 0.5) is 0 Å². The van der Waals surface area contributed by atoms with Gasteiger partial charge in [-0.3, -0.25) is 9.62 Å². The van der Waals surface area contributed by atoms with Crippen LogP contribution in [-0.4, -0.2) is 50.9 Å². The monoisotopic (exact) mass is 324 g/mol. The molecule has 1 N–H and O–H groups in total. The van der Waals surface area contributed by atoms with Crippen molar-refractivity contribution in [3.05, 3.63) is 24.3 Å². The minimum absolute atomic E-state index is 0.808. The molecule has 0 bridgehead atoms. The molecule has 1 heterocycles. The van der Waals surface area contributed by atoms with Crippen molar-refractivity contribution in [1.82, 2.24) is 9.62 Å². The lowest BCUT2D eigenvalue weighted by molar-refractivity contribution is 0.0376. The van der Waals surface area contributed by atoms with Crippen LogP contribution in [0.3, 0.4) is 0 Å². The zero-order valence-electron chi connectivity index (χ0n) is 13.6. The van der Waals surface area contributed by atoms with Crippen molar-refractivity contribution in [3.8, 4) is 5.75 Å².